The average Bonchev–Trinajstić information content (AvgIpc) is 2.63. The molecule has 136 valence electrons. The Morgan fingerprint density at radius 3 is 2.41 bits per heavy atom. The molecule has 8 heteroatoms. The van der Waals surface area contributed by atoms with E-state index in [1.54, 1.807) is 18.2 Å². The lowest BCUT2D eigenvalue weighted by molar-refractivity contribution is -0.117. The van der Waals surface area contributed by atoms with Gasteiger partial charge in [0.15, 0.2) is 0 Å². The van der Waals surface area contributed by atoms with Crippen LogP contribution in [0.1, 0.15) is 17.0 Å². The minimum absolute atomic E-state index is 0.165. The number of carbonyl (C=O) groups excluding carboxylic acids is 1. The predicted molar refractivity (Wildman–Crippen MR) is 106 cm³/mol. The second-order valence-electron chi connectivity index (χ2n) is 6.11. The first-order chi connectivity index (χ1) is 13.0. The molecule has 1 aromatic heterocycles. The number of hydrogen-bond acceptors (Lipinski definition) is 4. The molecule has 1 atom stereocenters. The predicted octanol–water partition coefficient (Wildman–Crippen LogP) is 4.10. The summed E-state index contributed by atoms with van der Waals surface area (Å²) in [6, 6.07) is 14.3. The number of rotatable bonds is 3. The van der Waals surface area contributed by atoms with E-state index >= 15 is 0 Å². The van der Waals surface area contributed by atoms with Crippen LogP contribution >= 0.6 is 23.2 Å². The summed E-state index contributed by atoms with van der Waals surface area (Å²) in [6.07, 6.45) is 0.165. The van der Waals surface area contributed by atoms with Crippen molar-refractivity contribution in [3.05, 3.63) is 80.1 Å². The first kappa shape index (κ1) is 17.6. The second kappa shape index (κ2) is 7.06. The molecule has 6 nitrogen and oxygen atoms in total. The number of halogens is 2. The lowest BCUT2D eigenvalue weighted by Gasteiger charge is -2.25. The third kappa shape index (κ3) is 3.41. The third-order valence-electron chi connectivity index (χ3n) is 4.37. The van der Waals surface area contributed by atoms with E-state index in [9.17, 15) is 9.59 Å². The first-order valence-corrected chi connectivity index (χ1v) is 8.98. The Bertz CT molecular complexity index is 1060. The fourth-order valence-corrected chi connectivity index (χ4v) is 3.75. The molecule has 0 saturated carbocycles. The Balaban J connectivity index is 1.69. The zero-order valence-corrected chi connectivity index (χ0v) is 15.4. The molecular formula is C19H14Cl2N4O2. The van der Waals surface area contributed by atoms with Crippen LogP contribution in [0.5, 0.6) is 0 Å². The van der Waals surface area contributed by atoms with Gasteiger partial charge in [0.05, 0.1) is 11.5 Å². The number of fused-ring (bicyclic) bond motifs is 1. The van der Waals surface area contributed by atoms with Crippen molar-refractivity contribution in [2.45, 2.75) is 12.3 Å². The summed E-state index contributed by atoms with van der Waals surface area (Å²) < 4.78 is 0. The van der Waals surface area contributed by atoms with Crippen LogP contribution in [-0.2, 0) is 11.2 Å². The molecule has 1 amide bonds. The van der Waals surface area contributed by atoms with Crippen LogP contribution < -0.4 is 16.2 Å². The molecule has 1 unspecified atom stereocenters. The first-order valence-electron chi connectivity index (χ1n) is 8.23. The maximum Gasteiger partial charge on any atom is 0.257 e. The maximum absolute atomic E-state index is 12.6. The summed E-state index contributed by atoms with van der Waals surface area (Å²) in [5.74, 6) is -0.475. The van der Waals surface area contributed by atoms with Crippen molar-refractivity contribution in [2.75, 3.05) is 10.6 Å². The van der Waals surface area contributed by atoms with Crippen LogP contribution in [0, 0.1) is 0 Å². The van der Waals surface area contributed by atoms with Crippen LogP contribution in [0.2, 0.25) is 10.0 Å². The molecule has 0 radical (unpaired) electrons. The van der Waals surface area contributed by atoms with Crippen LogP contribution in [-0.4, -0.2) is 15.9 Å². The van der Waals surface area contributed by atoms with Crippen molar-refractivity contribution in [1.29, 1.82) is 0 Å². The van der Waals surface area contributed by atoms with Crippen molar-refractivity contribution >= 4 is 46.6 Å². The second-order valence-corrected chi connectivity index (χ2v) is 6.93. The smallest absolute Gasteiger partial charge is 0.257 e. The molecule has 1 aliphatic rings. The maximum atomic E-state index is 12.6. The quantitative estimate of drug-likeness (QED) is 0.617. The fourth-order valence-electron chi connectivity index (χ4n) is 3.09. The molecule has 0 fully saturated rings. The van der Waals surface area contributed by atoms with Gasteiger partial charge in [-0.05, 0) is 30.7 Å². The zero-order valence-electron chi connectivity index (χ0n) is 13.9. The molecule has 0 spiro atoms. The number of nitrogens with one attached hydrogen (secondary N) is 3. The summed E-state index contributed by atoms with van der Waals surface area (Å²) in [4.78, 5) is 32.3. The highest BCUT2D eigenvalue weighted by atomic mass is 35.5. The summed E-state index contributed by atoms with van der Waals surface area (Å²) >= 11 is 12.5. The van der Waals surface area contributed by atoms with Gasteiger partial charge < -0.3 is 10.6 Å². The van der Waals surface area contributed by atoms with Gasteiger partial charge in [0.1, 0.15) is 5.82 Å². The molecule has 0 bridgehead atoms. The van der Waals surface area contributed by atoms with Gasteiger partial charge >= 0.3 is 0 Å². The largest absolute Gasteiger partial charge is 0.326 e. The van der Waals surface area contributed by atoms with Gasteiger partial charge in [-0.25, -0.2) is 0 Å². The number of hydrogen-bond donors (Lipinski definition) is 3. The van der Waals surface area contributed by atoms with Crippen molar-refractivity contribution in [3.8, 4) is 0 Å². The summed E-state index contributed by atoms with van der Waals surface area (Å²) in [5.41, 5.74) is 1.33. The summed E-state index contributed by atoms with van der Waals surface area (Å²) in [5, 5.41) is 6.49. The number of nitrogens with zero attached hydrogens (tertiary/aromatic N) is 1. The van der Waals surface area contributed by atoms with Crippen molar-refractivity contribution in [2.24, 2.45) is 0 Å². The zero-order chi connectivity index (χ0) is 19.0. The van der Waals surface area contributed by atoms with Crippen LogP contribution in [0.3, 0.4) is 0 Å². The van der Waals surface area contributed by atoms with Crippen LogP contribution in [0.25, 0.3) is 0 Å². The Hall–Kier alpha value is -2.83. The lowest BCUT2D eigenvalue weighted by atomic mass is 9.89. The highest BCUT2D eigenvalue weighted by Crippen LogP contribution is 2.37. The molecule has 3 aromatic rings. The van der Waals surface area contributed by atoms with Crippen LogP contribution in [0.15, 0.2) is 53.3 Å². The number of aromatic amines is 1. The molecule has 3 N–H and O–H groups in total. The van der Waals surface area contributed by atoms with E-state index in [2.05, 4.69) is 20.6 Å². The van der Waals surface area contributed by atoms with Gasteiger partial charge in [0, 0.05) is 21.3 Å². The van der Waals surface area contributed by atoms with E-state index in [0.29, 0.717) is 21.2 Å². The van der Waals surface area contributed by atoms with Gasteiger partial charge in [0.25, 0.3) is 5.56 Å². The van der Waals surface area contributed by atoms with E-state index in [-0.39, 0.29) is 29.7 Å². The number of H-pyrrole nitrogens is 1. The fraction of sp³-hybridized carbons (Fsp3) is 0.105. The number of amides is 1. The lowest BCUT2D eigenvalue weighted by Crippen LogP contribution is -2.34. The van der Waals surface area contributed by atoms with Gasteiger partial charge in [-0.15, -0.1) is 0 Å². The molecule has 0 saturated heterocycles. The summed E-state index contributed by atoms with van der Waals surface area (Å²) in [7, 11) is 0. The van der Waals surface area contributed by atoms with E-state index in [1.807, 2.05) is 30.3 Å². The van der Waals surface area contributed by atoms with Crippen molar-refractivity contribution in [1.82, 2.24) is 9.97 Å². The number of para-hydroxylation sites is 1. The molecule has 4 rings (SSSR count). The van der Waals surface area contributed by atoms with Gasteiger partial charge in [0.2, 0.25) is 11.9 Å². The molecular weight excluding hydrogens is 387 g/mol. The highest BCUT2D eigenvalue weighted by molar-refractivity contribution is 6.36. The van der Waals surface area contributed by atoms with E-state index < -0.39 is 5.92 Å². The van der Waals surface area contributed by atoms with Gasteiger partial charge in [-0.2, -0.15) is 4.98 Å². The van der Waals surface area contributed by atoms with Gasteiger partial charge in [-0.1, -0.05) is 47.5 Å². The van der Waals surface area contributed by atoms with E-state index in [0.717, 1.165) is 5.69 Å². The van der Waals surface area contributed by atoms with E-state index in [1.165, 1.54) is 0 Å². The monoisotopic (exact) mass is 400 g/mol. The Kier molecular flexibility index (Phi) is 4.59. The topological polar surface area (TPSA) is 86.9 Å². The third-order valence-corrected chi connectivity index (χ3v) is 5.03. The number of benzene rings is 2. The normalized spacial score (nSPS) is 15.8. The average molecular weight is 401 g/mol. The molecule has 27 heavy (non-hydrogen) atoms. The minimum Gasteiger partial charge on any atom is -0.326 e. The van der Waals surface area contributed by atoms with Crippen molar-refractivity contribution < 1.29 is 4.79 Å². The number of anilines is 3. The van der Waals surface area contributed by atoms with Gasteiger partial charge in [-0.3, -0.25) is 14.6 Å². The van der Waals surface area contributed by atoms with Crippen LogP contribution in [0.4, 0.5) is 17.5 Å². The number of aromatic nitrogens is 2. The molecule has 0 aliphatic carbocycles. The molecule has 1 aliphatic heterocycles. The summed E-state index contributed by atoms with van der Waals surface area (Å²) in [6.45, 7) is 0. The highest BCUT2D eigenvalue weighted by Gasteiger charge is 2.33. The van der Waals surface area contributed by atoms with E-state index in [4.69, 9.17) is 23.2 Å². The minimum atomic E-state index is -0.658. The Labute approximate surface area is 164 Å². The molecule has 2 aromatic carbocycles. The SMILES string of the molecule is O=C1Nc2nc(Nc3ccccc3)[nH]c(=O)c2CC1c1c(Cl)cccc1Cl. The van der Waals surface area contributed by atoms with Crippen molar-refractivity contribution in [3.63, 3.8) is 0 Å². The molecule has 2 heterocycles. The standard InChI is InChI=1S/C19H14Cl2N4O2/c20-13-7-4-8-14(21)15(13)11-9-12-16(23-17(11)26)24-19(25-18(12)27)22-10-5-2-1-3-6-10/h1-8,11H,9H2,(H3,22,23,24,25,26,27). The Morgan fingerprint density at radius 1 is 1.00 bits per heavy atom. The number of carbonyl (C=O) groups is 1. The Morgan fingerprint density at radius 2 is 1.70 bits per heavy atom.